The number of ether oxygens (including phenoxy) is 2. The summed E-state index contributed by atoms with van der Waals surface area (Å²) in [4.78, 5) is 15.1. The zero-order chi connectivity index (χ0) is 11.8. The Labute approximate surface area is 102 Å². The summed E-state index contributed by atoms with van der Waals surface area (Å²) in [6.07, 6.45) is 0.756. The topological polar surface area (TPSA) is 48.4 Å². The van der Waals surface area contributed by atoms with Gasteiger partial charge in [0.15, 0.2) is 17.8 Å². The summed E-state index contributed by atoms with van der Waals surface area (Å²) >= 11 is 5.84. The molecular weight excluding hydrogens is 242 g/mol. The molecule has 1 aliphatic rings. The van der Waals surface area contributed by atoms with Gasteiger partial charge < -0.3 is 9.47 Å². The summed E-state index contributed by atoms with van der Waals surface area (Å²) in [6, 6.07) is 5.03. The Hall–Kier alpha value is -1.81. The van der Waals surface area contributed by atoms with Crippen LogP contribution in [-0.2, 0) is 0 Å². The number of pyridine rings is 1. The second kappa shape index (κ2) is 3.89. The fourth-order valence-corrected chi connectivity index (χ4v) is 2.06. The third kappa shape index (κ3) is 1.70. The molecule has 1 aliphatic heterocycles. The minimum atomic E-state index is 0.288. The molecule has 86 valence electrons. The van der Waals surface area contributed by atoms with Crippen LogP contribution in [0.3, 0.4) is 0 Å². The van der Waals surface area contributed by atoms with E-state index in [4.69, 9.17) is 21.1 Å². The molecule has 0 saturated heterocycles. The standard InChI is InChI=1S/C12H8ClNO3/c13-12-3-7(6-15)8-4-10-11(5-9(8)14-12)17-2-1-16-10/h3-6H,1-2H2. The van der Waals surface area contributed by atoms with Gasteiger partial charge in [0.05, 0.1) is 5.52 Å². The van der Waals surface area contributed by atoms with Crippen LogP contribution in [0.4, 0.5) is 0 Å². The average molecular weight is 250 g/mol. The number of aldehydes is 1. The summed E-state index contributed by atoms with van der Waals surface area (Å²) in [5.74, 6) is 1.27. The van der Waals surface area contributed by atoms with Gasteiger partial charge >= 0.3 is 0 Å². The van der Waals surface area contributed by atoms with E-state index in [9.17, 15) is 4.79 Å². The first-order valence-corrected chi connectivity index (χ1v) is 5.51. The Morgan fingerprint density at radius 1 is 1.18 bits per heavy atom. The van der Waals surface area contributed by atoms with Crippen molar-refractivity contribution >= 4 is 28.8 Å². The Morgan fingerprint density at radius 2 is 1.88 bits per heavy atom. The van der Waals surface area contributed by atoms with E-state index >= 15 is 0 Å². The van der Waals surface area contributed by atoms with E-state index in [1.54, 1.807) is 12.1 Å². The van der Waals surface area contributed by atoms with Gasteiger partial charge in [-0.05, 0) is 12.1 Å². The molecule has 0 unspecified atom stereocenters. The van der Waals surface area contributed by atoms with Crippen molar-refractivity contribution in [3.63, 3.8) is 0 Å². The highest BCUT2D eigenvalue weighted by Gasteiger charge is 2.15. The van der Waals surface area contributed by atoms with Crippen molar-refractivity contribution in [3.05, 3.63) is 28.9 Å². The fraction of sp³-hybridized carbons (Fsp3) is 0.167. The first kappa shape index (κ1) is 10.4. The van der Waals surface area contributed by atoms with E-state index in [0.29, 0.717) is 41.2 Å². The van der Waals surface area contributed by atoms with Crippen LogP contribution in [0.25, 0.3) is 10.9 Å². The molecule has 0 N–H and O–H groups in total. The molecule has 0 bridgehead atoms. The van der Waals surface area contributed by atoms with Gasteiger partial charge in [0.2, 0.25) is 0 Å². The molecule has 17 heavy (non-hydrogen) atoms. The number of aromatic nitrogens is 1. The van der Waals surface area contributed by atoms with Crippen LogP contribution in [0.15, 0.2) is 18.2 Å². The van der Waals surface area contributed by atoms with Crippen molar-refractivity contribution < 1.29 is 14.3 Å². The first-order chi connectivity index (χ1) is 8.28. The number of nitrogens with zero attached hydrogens (tertiary/aromatic N) is 1. The molecule has 0 atom stereocenters. The van der Waals surface area contributed by atoms with E-state index in [2.05, 4.69) is 4.98 Å². The summed E-state index contributed by atoms with van der Waals surface area (Å²) in [7, 11) is 0. The van der Waals surface area contributed by atoms with Gasteiger partial charge in [-0.3, -0.25) is 4.79 Å². The Kier molecular flexibility index (Phi) is 2.37. The zero-order valence-corrected chi connectivity index (χ0v) is 9.53. The highest BCUT2D eigenvalue weighted by atomic mass is 35.5. The lowest BCUT2D eigenvalue weighted by atomic mass is 10.1. The predicted molar refractivity (Wildman–Crippen MR) is 63.1 cm³/mol. The quantitative estimate of drug-likeness (QED) is 0.575. The summed E-state index contributed by atoms with van der Waals surface area (Å²) < 4.78 is 10.9. The lowest BCUT2D eigenvalue weighted by Crippen LogP contribution is -2.15. The molecule has 0 amide bonds. The number of carbonyl (C=O) groups is 1. The Bertz CT molecular complexity index is 612. The molecule has 1 aromatic heterocycles. The molecule has 0 spiro atoms. The van der Waals surface area contributed by atoms with E-state index in [-0.39, 0.29) is 5.15 Å². The van der Waals surface area contributed by atoms with Gasteiger partial charge in [-0.25, -0.2) is 4.98 Å². The normalized spacial score (nSPS) is 13.7. The zero-order valence-electron chi connectivity index (χ0n) is 8.77. The number of benzene rings is 1. The molecule has 2 aromatic rings. The number of hydrogen-bond donors (Lipinski definition) is 0. The van der Waals surface area contributed by atoms with Gasteiger partial charge in [0.1, 0.15) is 18.4 Å². The summed E-state index contributed by atoms with van der Waals surface area (Å²) in [5, 5.41) is 1.00. The van der Waals surface area contributed by atoms with E-state index in [1.165, 1.54) is 6.07 Å². The minimum Gasteiger partial charge on any atom is -0.486 e. The molecule has 0 saturated carbocycles. The maximum absolute atomic E-state index is 11.0. The molecule has 2 heterocycles. The van der Waals surface area contributed by atoms with Gasteiger partial charge in [0, 0.05) is 17.0 Å². The Balaban J connectivity index is 2.32. The number of carbonyl (C=O) groups excluding carboxylic acids is 1. The van der Waals surface area contributed by atoms with Gasteiger partial charge in [-0.2, -0.15) is 0 Å². The second-order valence-corrected chi connectivity index (χ2v) is 4.05. The van der Waals surface area contributed by atoms with E-state index < -0.39 is 0 Å². The van der Waals surface area contributed by atoms with E-state index in [1.807, 2.05) is 0 Å². The molecule has 0 aliphatic carbocycles. The van der Waals surface area contributed by atoms with Crippen molar-refractivity contribution in [1.82, 2.24) is 4.98 Å². The van der Waals surface area contributed by atoms with Crippen LogP contribution in [0, 0.1) is 0 Å². The van der Waals surface area contributed by atoms with Gasteiger partial charge in [-0.15, -0.1) is 0 Å². The summed E-state index contributed by atoms with van der Waals surface area (Å²) in [6.45, 7) is 1.02. The van der Waals surface area contributed by atoms with Crippen LogP contribution in [0.2, 0.25) is 5.15 Å². The van der Waals surface area contributed by atoms with Crippen LogP contribution in [-0.4, -0.2) is 24.5 Å². The maximum Gasteiger partial charge on any atom is 0.163 e. The van der Waals surface area contributed by atoms with Crippen LogP contribution >= 0.6 is 11.6 Å². The second-order valence-electron chi connectivity index (χ2n) is 3.67. The van der Waals surface area contributed by atoms with Crippen molar-refractivity contribution in [2.75, 3.05) is 13.2 Å². The smallest absolute Gasteiger partial charge is 0.163 e. The molecule has 1 aromatic carbocycles. The highest BCUT2D eigenvalue weighted by Crippen LogP contribution is 2.35. The molecule has 3 rings (SSSR count). The lowest BCUT2D eigenvalue weighted by Gasteiger charge is -2.18. The molecule has 0 radical (unpaired) electrons. The van der Waals surface area contributed by atoms with Crippen LogP contribution in [0.1, 0.15) is 10.4 Å². The molecule has 4 nitrogen and oxygen atoms in total. The van der Waals surface area contributed by atoms with E-state index in [0.717, 1.165) is 6.29 Å². The maximum atomic E-state index is 11.0. The van der Waals surface area contributed by atoms with Crippen molar-refractivity contribution in [1.29, 1.82) is 0 Å². The minimum absolute atomic E-state index is 0.288. The predicted octanol–water partition coefficient (Wildman–Crippen LogP) is 2.47. The first-order valence-electron chi connectivity index (χ1n) is 5.13. The van der Waals surface area contributed by atoms with Crippen LogP contribution in [0.5, 0.6) is 11.5 Å². The monoisotopic (exact) mass is 249 g/mol. The Morgan fingerprint density at radius 3 is 2.59 bits per heavy atom. The molecule has 0 fully saturated rings. The number of fused-ring (bicyclic) bond motifs is 2. The fourth-order valence-electron chi connectivity index (χ4n) is 1.85. The summed E-state index contributed by atoms with van der Waals surface area (Å²) in [5.41, 5.74) is 1.13. The SMILES string of the molecule is O=Cc1cc(Cl)nc2cc3c(cc12)OCCO3. The third-order valence-electron chi connectivity index (χ3n) is 2.60. The number of halogens is 1. The average Bonchev–Trinajstić information content (AvgIpc) is 2.35. The van der Waals surface area contributed by atoms with Gasteiger partial charge in [-0.1, -0.05) is 11.6 Å². The highest BCUT2D eigenvalue weighted by molar-refractivity contribution is 6.30. The third-order valence-corrected chi connectivity index (χ3v) is 2.79. The molecule has 5 heteroatoms. The van der Waals surface area contributed by atoms with Gasteiger partial charge in [0.25, 0.3) is 0 Å². The number of rotatable bonds is 1. The van der Waals surface area contributed by atoms with Crippen LogP contribution < -0.4 is 9.47 Å². The number of hydrogen-bond acceptors (Lipinski definition) is 4. The van der Waals surface area contributed by atoms with Crippen molar-refractivity contribution in [2.45, 2.75) is 0 Å². The van der Waals surface area contributed by atoms with Crippen molar-refractivity contribution in [3.8, 4) is 11.5 Å². The largest absolute Gasteiger partial charge is 0.486 e. The lowest BCUT2D eigenvalue weighted by molar-refractivity contribution is 0.112. The molecular formula is C12H8ClNO3. The van der Waals surface area contributed by atoms with Crippen molar-refractivity contribution in [2.24, 2.45) is 0 Å².